The largest absolute Gasteiger partial charge is 0.305 e. The van der Waals surface area contributed by atoms with Crippen molar-refractivity contribution in [2.24, 2.45) is 4.99 Å². The Morgan fingerprint density at radius 3 is 2.52 bits per heavy atom. The predicted octanol–water partition coefficient (Wildman–Crippen LogP) is 3.40. The molecule has 104 valence electrons. The molecule has 0 saturated heterocycles. The van der Waals surface area contributed by atoms with Crippen LogP contribution in [0.15, 0.2) is 59.2 Å². The van der Waals surface area contributed by atoms with E-state index in [0.29, 0.717) is 5.02 Å². The van der Waals surface area contributed by atoms with Gasteiger partial charge in [-0.3, -0.25) is 4.79 Å². The Kier molecular flexibility index (Phi) is 3.54. The van der Waals surface area contributed by atoms with Crippen molar-refractivity contribution in [2.45, 2.75) is 0 Å². The normalized spacial score (nSPS) is 16.0. The quantitative estimate of drug-likeness (QED) is 0.849. The monoisotopic (exact) mass is 300 g/mol. The average Bonchev–Trinajstić information content (AvgIpc) is 2.83. The summed E-state index contributed by atoms with van der Waals surface area (Å²) in [4.78, 5) is 16.1. The van der Waals surface area contributed by atoms with Crippen LogP contribution in [0.4, 0.5) is 4.39 Å². The Labute approximate surface area is 125 Å². The first kappa shape index (κ1) is 13.5. The van der Waals surface area contributed by atoms with Gasteiger partial charge in [-0.2, -0.15) is 0 Å². The van der Waals surface area contributed by atoms with E-state index >= 15 is 0 Å². The van der Waals surface area contributed by atoms with Crippen molar-refractivity contribution in [3.05, 3.63) is 76.2 Å². The van der Waals surface area contributed by atoms with Gasteiger partial charge in [0.15, 0.2) is 0 Å². The van der Waals surface area contributed by atoms with Gasteiger partial charge in [-0.05, 0) is 35.9 Å². The van der Waals surface area contributed by atoms with Gasteiger partial charge in [0.25, 0.3) is 5.91 Å². The van der Waals surface area contributed by atoms with Crippen LogP contribution in [0.1, 0.15) is 11.1 Å². The SMILES string of the molecule is O=C1NC(c2ccccc2F)=N/C1=C/c1ccc(Cl)cc1. The van der Waals surface area contributed by atoms with Gasteiger partial charge < -0.3 is 5.32 Å². The van der Waals surface area contributed by atoms with Gasteiger partial charge in [-0.1, -0.05) is 35.9 Å². The summed E-state index contributed by atoms with van der Waals surface area (Å²) in [5.74, 6) is -0.564. The lowest BCUT2D eigenvalue weighted by Gasteiger charge is -2.00. The second-order valence-corrected chi connectivity index (χ2v) is 4.91. The third-order valence-corrected chi connectivity index (χ3v) is 3.25. The number of hydrogen-bond acceptors (Lipinski definition) is 2. The molecule has 2 aromatic carbocycles. The Morgan fingerprint density at radius 2 is 1.81 bits per heavy atom. The summed E-state index contributed by atoms with van der Waals surface area (Å²) >= 11 is 5.81. The molecule has 1 N–H and O–H groups in total. The molecule has 0 fully saturated rings. The lowest BCUT2D eigenvalue weighted by atomic mass is 10.2. The number of carbonyl (C=O) groups is 1. The molecule has 1 aliphatic rings. The van der Waals surface area contributed by atoms with Crippen LogP contribution in [0.3, 0.4) is 0 Å². The van der Waals surface area contributed by atoms with E-state index in [4.69, 9.17) is 11.6 Å². The summed E-state index contributed by atoms with van der Waals surface area (Å²) < 4.78 is 13.7. The van der Waals surface area contributed by atoms with Crippen LogP contribution in [0.5, 0.6) is 0 Å². The Balaban J connectivity index is 1.96. The molecule has 0 aliphatic carbocycles. The molecule has 0 spiro atoms. The van der Waals surface area contributed by atoms with E-state index in [1.807, 2.05) is 0 Å². The third-order valence-electron chi connectivity index (χ3n) is 3.00. The van der Waals surface area contributed by atoms with E-state index < -0.39 is 5.82 Å². The van der Waals surface area contributed by atoms with Crippen LogP contribution >= 0.6 is 11.6 Å². The summed E-state index contributed by atoms with van der Waals surface area (Å²) in [6.45, 7) is 0. The lowest BCUT2D eigenvalue weighted by molar-refractivity contribution is -0.115. The number of amides is 1. The van der Waals surface area contributed by atoms with E-state index in [1.165, 1.54) is 6.07 Å². The Bertz CT molecular complexity index is 766. The Hall–Kier alpha value is -2.46. The molecular weight excluding hydrogens is 291 g/mol. The molecule has 2 aromatic rings. The average molecular weight is 301 g/mol. The molecule has 0 radical (unpaired) electrons. The van der Waals surface area contributed by atoms with E-state index in [9.17, 15) is 9.18 Å². The van der Waals surface area contributed by atoms with Crippen LogP contribution in [-0.4, -0.2) is 11.7 Å². The molecular formula is C16H10ClFN2O. The summed E-state index contributed by atoms with van der Waals surface area (Å²) in [6.07, 6.45) is 1.62. The van der Waals surface area contributed by atoms with Crippen molar-refractivity contribution < 1.29 is 9.18 Å². The second-order valence-electron chi connectivity index (χ2n) is 4.48. The molecule has 21 heavy (non-hydrogen) atoms. The van der Waals surface area contributed by atoms with Gasteiger partial charge in [-0.15, -0.1) is 0 Å². The van der Waals surface area contributed by atoms with E-state index in [-0.39, 0.29) is 23.0 Å². The smallest absolute Gasteiger partial charge is 0.275 e. The highest BCUT2D eigenvalue weighted by Crippen LogP contribution is 2.18. The standard InChI is InChI=1S/C16H10ClFN2O/c17-11-7-5-10(6-8-11)9-14-16(21)20-15(19-14)12-3-1-2-4-13(12)18/h1-9H,(H,19,20,21)/b14-9+. The fourth-order valence-electron chi connectivity index (χ4n) is 1.97. The van der Waals surface area contributed by atoms with Gasteiger partial charge in [0.2, 0.25) is 0 Å². The van der Waals surface area contributed by atoms with E-state index in [2.05, 4.69) is 10.3 Å². The summed E-state index contributed by atoms with van der Waals surface area (Å²) in [7, 11) is 0. The fraction of sp³-hybridized carbons (Fsp3) is 0. The van der Waals surface area contributed by atoms with Crippen molar-refractivity contribution in [2.75, 3.05) is 0 Å². The number of amidine groups is 1. The van der Waals surface area contributed by atoms with Gasteiger partial charge in [0, 0.05) is 5.02 Å². The highest BCUT2D eigenvalue weighted by molar-refractivity contribution is 6.30. The number of carbonyl (C=O) groups excluding carboxylic acids is 1. The van der Waals surface area contributed by atoms with Crippen molar-refractivity contribution in [1.29, 1.82) is 0 Å². The molecule has 0 saturated carbocycles. The minimum absolute atomic E-state index is 0.221. The van der Waals surface area contributed by atoms with Gasteiger partial charge >= 0.3 is 0 Å². The number of hydrogen-bond donors (Lipinski definition) is 1. The minimum Gasteiger partial charge on any atom is -0.305 e. The number of nitrogens with zero attached hydrogens (tertiary/aromatic N) is 1. The number of halogens is 2. The number of aliphatic imine (C=N–C) groups is 1. The van der Waals surface area contributed by atoms with Crippen molar-refractivity contribution in [3.63, 3.8) is 0 Å². The summed E-state index contributed by atoms with van der Waals surface area (Å²) in [6, 6.07) is 13.2. The first-order valence-corrected chi connectivity index (χ1v) is 6.63. The van der Waals surface area contributed by atoms with Crippen molar-refractivity contribution >= 4 is 29.4 Å². The van der Waals surface area contributed by atoms with Crippen LogP contribution in [0, 0.1) is 5.82 Å². The van der Waals surface area contributed by atoms with Gasteiger partial charge in [0.1, 0.15) is 17.3 Å². The first-order valence-electron chi connectivity index (χ1n) is 6.26. The fourth-order valence-corrected chi connectivity index (χ4v) is 2.09. The lowest BCUT2D eigenvalue weighted by Crippen LogP contribution is -2.25. The van der Waals surface area contributed by atoms with Crippen LogP contribution in [-0.2, 0) is 4.79 Å². The molecule has 0 bridgehead atoms. The predicted molar refractivity (Wildman–Crippen MR) is 80.5 cm³/mol. The van der Waals surface area contributed by atoms with Crippen molar-refractivity contribution in [3.8, 4) is 0 Å². The molecule has 1 heterocycles. The summed E-state index contributed by atoms with van der Waals surface area (Å²) in [5, 5.41) is 3.18. The van der Waals surface area contributed by atoms with E-state index in [1.54, 1.807) is 48.5 Å². The maximum atomic E-state index is 13.7. The number of benzene rings is 2. The zero-order chi connectivity index (χ0) is 14.8. The highest BCUT2D eigenvalue weighted by atomic mass is 35.5. The van der Waals surface area contributed by atoms with Gasteiger partial charge in [0.05, 0.1) is 5.56 Å². The number of rotatable bonds is 2. The molecule has 0 unspecified atom stereocenters. The maximum absolute atomic E-state index is 13.7. The summed E-state index contributed by atoms with van der Waals surface area (Å²) in [5.41, 5.74) is 1.30. The molecule has 5 heteroatoms. The van der Waals surface area contributed by atoms with Crippen LogP contribution in [0.2, 0.25) is 5.02 Å². The number of nitrogens with one attached hydrogen (secondary N) is 1. The topological polar surface area (TPSA) is 41.5 Å². The molecule has 0 atom stereocenters. The second kappa shape index (κ2) is 5.50. The zero-order valence-electron chi connectivity index (χ0n) is 10.8. The Morgan fingerprint density at radius 1 is 1.10 bits per heavy atom. The highest BCUT2D eigenvalue weighted by Gasteiger charge is 2.22. The molecule has 3 rings (SSSR count). The molecule has 3 nitrogen and oxygen atoms in total. The van der Waals surface area contributed by atoms with Crippen LogP contribution < -0.4 is 5.32 Å². The van der Waals surface area contributed by atoms with E-state index in [0.717, 1.165) is 5.56 Å². The molecule has 1 amide bonds. The van der Waals surface area contributed by atoms with Crippen LogP contribution in [0.25, 0.3) is 6.08 Å². The maximum Gasteiger partial charge on any atom is 0.275 e. The molecule has 0 aromatic heterocycles. The third kappa shape index (κ3) is 2.85. The first-order chi connectivity index (χ1) is 10.1. The zero-order valence-corrected chi connectivity index (χ0v) is 11.6. The minimum atomic E-state index is -0.427. The van der Waals surface area contributed by atoms with Gasteiger partial charge in [-0.25, -0.2) is 9.38 Å². The van der Waals surface area contributed by atoms with Crippen molar-refractivity contribution in [1.82, 2.24) is 5.32 Å². The molecule has 1 aliphatic heterocycles.